The molecule has 1 aliphatic carbocycles. The highest BCUT2D eigenvalue weighted by Crippen LogP contribution is 2.48. The molecule has 0 saturated carbocycles. The van der Waals surface area contributed by atoms with Gasteiger partial charge in [0, 0.05) is 36.8 Å². The third-order valence-corrected chi connectivity index (χ3v) is 7.36. The second-order valence-corrected chi connectivity index (χ2v) is 9.54. The fraction of sp³-hybridized carbons (Fsp3) is 0.640. The largest absolute Gasteiger partial charge is 0.394 e. The van der Waals surface area contributed by atoms with Gasteiger partial charge in [0.1, 0.15) is 0 Å². The fourth-order valence-electron chi connectivity index (χ4n) is 5.77. The van der Waals surface area contributed by atoms with E-state index in [-0.39, 0.29) is 24.5 Å². The number of aromatic nitrogens is 1. The molecule has 2 N–H and O–H groups in total. The molecule has 1 amide bonds. The number of rotatable bonds is 9. The van der Waals surface area contributed by atoms with Gasteiger partial charge < -0.3 is 24.6 Å². The van der Waals surface area contributed by atoms with Crippen molar-refractivity contribution in [2.24, 2.45) is 5.92 Å². The summed E-state index contributed by atoms with van der Waals surface area (Å²) in [6, 6.07) is 6.38. The SMILES string of the molecule is CCC(CO)NC(=O)C(CN(C)C)CC1(OC)CCc2c3n(c4cccc1c24)CCC3. The smallest absolute Gasteiger partial charge is 0.224 e. The standard InChI is InChI=1S/C25H37N3O3/c1-5-18(16-29)26-24(30)17(15-27(2)3)14-25(31-4)12-11-19-21-10-7-13-28(21)22-9-6-8-20(25)23(19)22/h6,8-9,17-18,29H,5,7,10-16H2,1-4H3,(H,26,30). The summed E-state index contributed by atoms with van der Waals surface area (Å²) in [6.45, 7) is 3.69. The molecule has 3 unspecified atom stereocenters. The number of carbonyl (C=O) groups is 1. The Balaban J connectivity index is 1.71. The van der Waals surface area contributed by atoms with E-state index < -0.39 is 5.60 Å². The Morgan fingerprint density at radius 1 is 1.35 bits per heavy atom. The van der Waals surface area contributed by atoms with Crippen molar-refractivity contribution in [1.82, 2.24) is 14.8 Å². The number of benzene rings is 1. The van der Waals surface area contributed by atoms with Crippen LogP contribution in [0.25, 0.3) is 10.9 Å². The van der Waals surface area contributed by atoms with Gasteiger partial charge in [0.05, 0.1) is 24.2 Å². The van der Waals surface area contributed by atoms with E-state index in [4.69, 9.17) is 4.74 Å². The van der Waals surface area contributed by atoms with Crippen LogP contribution in [0.3, 0.4) is 0 Å². The summed E-state index contributed by atoms with van der Waals surface area (Å²) in [6.07, 6.45) is 5.62. The Bertz CT molecular complexity index is 947. The van der Waals surface area contributed by atoms with E-state index in [1.165, 1.54) is 34.1 Å². The molecule has 6 heteroatoms. The van der Waals surface area contributed by atoms with Gasteiger partial charge in [-0.15, -0.1) is 0 Å². The normalized spacial score (nSPS) is 22.0. The van der Waals surface area contributed by atoms with Crippen LogP contribution in [0.4, 0.5) is 0 Å². The molecule has 3 atom stereocenters. The first-order valence-corrected chi connectivity index (χ1v) is 11.7. The van der Waals surface area contributed by atoms with Gasteiger partial charge in [-0.25, -0.2) is 0 Å². The molecule has 0 fully saturated rings. The predicted molar refractivity (Wildman–Crippen MR) is 123 cm³/mol. The molecule has 170 valence electrons. The highest BCUT2D eigenvalue weighted by atomic mass is 16.5. The number of fused-ring (bicyclic) bond motifs is 3. The van der Waals surface area contributed by atoms with E-state index in [0.29, 0.717) is 19.4 Å². The summed E-state index contributed by atoms with van der Waals surface area (Å²) in [5.41, 5.74) is 5.08. The third kappa shape index (κ3) is 3.90. The topological polar surface area (TPSA) is 66.7 Å². The van der Waals surface area contributed by atoms with Gasteiger partial charge in [0.25, 0.3) is 0 Å². The van der Waals surface area contributed by atoms with Crippen LogP contribution in [-0.4, -0.2) is 60.9 Å². The van der Waals surface area contributed by atoms with Gasteiger partial charge in [-0.3, -0.25) is 4.79 Å². The van der Waals surface area contributed by atoms with Crippen molar-refractivity contribution in [3.63, 3.8) is 0 Å². The maximum atomic E-state index is 13.2. The molecule has 0 bridgehead atoms. The number of methoxy groups -OCH3 is 1. The number of amides is 1. The lowest BCUT2D eigenvalue weighted by atomic mass is 9.74. The lowest BCUT2D eigenvalue weighted by molar-refractivity contribution is -0.130. The molecule has 2 aromatic rings. The number of aliphatic hydroxyl groups is 1. The van der Waals surface area contributed by atoms with Crippen LogP contribution < -0.4 is 5.32 Å². The highest BCUT2D eigenvalue weighted by Gasteiger charge is 2.43. The number of hydrogen-bond acceptors (Lipinski definition) is 4. The molecule has 0 spiro atoms. The van der Waals surface area contributed by atoms with Gasteiger partial charge >= 0.3 is 0 Å². The predicted octanol–water partition coefficient (Wildman–Crippen LogP) is 2.83. The summed E-state index contributed by atoms with van der Waals surface area (Å²) in [4.78, 5) is 15.3. The van der Waals surface area contributed by atoms with E-state index in [2.05, 4.69) is 33.0 Å². The van der Waals surface area contributed by atoms with E-state index in [0.717, 1.165) is 25.8 Å². The van der Waals surface area contributed by atoms with Crippen LogP contribution >= 0.6 is 0 Å². The summed E-state index contributed by atoms with van der Waals surface area (Å²) in [5, 5.41) is 14.0. The minimum absolute atomic E-state index is 0.00312. The molecule has 1 aromatic carbocycles. The minimum Gasteiger partial charge on any atom is -0.394 e. The van der Waals surface area contributed by atoms with Crippen molar-refractivity contribution in [1.29, 1.82) is 0 Å². The maximum absolute atomic E-state index is 13.2. The quantitative estimate of drug-likeness (QED) is 0.646. The summed E-state index contributed by atoms with van der Waals surface area (Å²) < 4.78 is 8.79. The van der Waals surface area contributed by atoms with Gasteiger partial charge in [-0.2, -0.15) is 0 Å². The zero-order chi connectivity index (χ0) is 22.2. The van der Waals surface area contributed by atoms with Crippen molar-refractivity contribution in [2.45, 2.75) is 63.6 Å². The number of nitrogens with one attached hydrogen (secondary N) is 1. The van der Waals surface area contributed by atoms with E-state index in [1.54, 1.807) is 7.11 Å². The zero-order valence-corrected chi connectivity index (χ0v) is 19.4. The lowest BCUT2D eigenvalue weighted by Gasteiger charge is -2.40. The van der Waals surface area contributed by atoms with Crippen LogP contribution in [-0.2, 0) is 34.5 Å². The number of hydrogen-bond donors (Lipinski definition) is 2. The third-order valence-electron chi connectivity index (χ3n) is 7.36. The van der Waals surface area contributed by atoms with E-state index >= 15 is 0 Å². The van der Waals surface area contributed by atoms with Gasteiger partial charge in [-0.1, -0.05) is 19.1 Å². The Kier molecular flexibility index (Phi) is 6.42. The van der Waals surface area contributed by atoms with Gasteiger partial charge in [0.2, 0.25) is 5.91 Å². The van der Waals surface area contributed by atoms with Gasteiger partial charge in [-0.05, 0) is 69.8 Å². The maximum Gasteiger partial charge on any atom is 0.224 e. The molecule has 31 heavy (non-hydrogen) atoms. The van der Waals surface area contributed by atoms with E-state index in [1.807, 2.05) is 21.0 Å². The molecular weight excluding hydrogens is 390 g/mol. The zero-order valence-electron chi connectivity index (χ0n) is 19.4. The van der Waals surface area contributed by atoms with Crippen LogP contribution in [0.5, 0.6) is 0 Å². The molecule has 1 aromatic heterocycles. The first-order chi connectivity index (χ1) is 14.9. The molecular formula is C25H37N3O3. The molecule has 2 heterocycles. The van der Waals surface area contributed by atoms with Crippen molar-refractivity contribution in [2.75, 3.05) is 34.4 Å². The first-order valence-electron chi connectivity index (χ1n) is 11.7. The number of aliphatic hydroxyl groups excluding tert-OH is 1. The molecule has 6 nitrogen and oxygen atoms in total. The van der Waals surface area contributed by atoms with Crippen LogP contribution in [0.2, 0.25) is 0 Å². The van der Waals surface area contributed by atoms with Crippen LogP contribution in [0.15, 0.2) is 18.2 Å². The lowest BCUT2D eigenvalue weighted by Crippen LogP contribution is -2.46. The van der Waals surface area contributed by atoms with Gasteiger partial charge in [0.15, 0.2) is 0 Å². The second-order valence-electron chi connectivity index (χ2n) is 9.54. The highest BCUT2D eigenvalue weighted by molar-refractivity contribution is 5.91. The Morgan fingerprint density at radius 3 is 2.84 bits per heavy atom. The number of ether oxygens (including phenoxy) is 1. The number of aryl methyl sites for hydroxylation is 2. The van der Waals surface area contributed by atoms with Crippen molar-refractivity contribution >= 4 is 16.8 Å². The Morgan fingerprint density at radius 2 is 2.16 bits per heavy atom. The minimum atomic E-state index is -0.478. The van der Waals surface area contributed by atoms with Crippen molar-refractivity contribution in [3.8, 4) is 0 Å². The Labute approximate surface area is 185 Å². The molecule has 0 radical (unpaired) electrons. The Hall–Kier alpha value is -1.89. The van der Waals surface area contributed by atoms with Crippen LogP contribution in [0.1, 0.15) is 49.4 Å². The van der Waals surface area contributed by atoms with E-state index in [9.17, 15) is 9.90 Å². The fourth-order valence-corrected chi connectivity index (χ4v) is 5.77. The van der Waals surface area contributed by atoms with Crippen molar-refractivity contribution in [3.05, 3.63) is 35.0 Å². The number of nitrogens with zero attached hydrogens (tertiary/aromatic N) is 2. The number of carbonyl (C=O) groups excluding carboxylic acids is 1. The molecule has 4 rings (SSSR count). The second kappa shape index (κ2) is 8.93. The van der Waals surface area contributed by atoms with Crippen molar-refractivity contribution < 1.29 is 14.6 Å². The summed E-state index contributed by atoms with van der Waals surface area (Å²) in [5.74, 6) is -0.217. The monoisotopic (exact) mass is 427 g/mol. The summed E-state index contributed by atoms with van der Waals surface area (Å²) >= 11 is 0. The average Bonchev–Trinajstić information content (AvgIpc) is 3.36. The molecule has 1 aliphatic heterocycles. The summed E-state index contributed by atoms with van der Waals surface area (Å²) in [7, 11) is 5.79. The first kappa shape index (κ1) is 22.3. The average molecular weight is 428 g/mol. The van der Waals surface area contributed by atoms with Crippen LogP contribution in [0, 0.1) is 5.92 Å². The molecule has 2 aliphatic rings. The molecule has 0 saturated heterocycles.